The lowest BCUT2D eigenvalue weighted by molar-refractivity contribution is 0.102. The molecule has 2 aromatic rings. The van der Waals surface area contributed by atoms with Crippen LogP contribution in [0.25, 0.3) is 0 Å². The van der Waals surface area contributed by atoms with E-state index in [1.54, 1.807) is 24.3 Å². The molecule has 0 aliphatic heterocycles. The average molecular weight is 242 g/mol. The number of hydrogen-bond donors (Lipinski definition) is 2. The summed E-state index contributed by atoms with van der Waals surface area (Å²) in [5, 5.41) is 2.76. The highest BCUT2D eigenvalue weighted by Gasteiger charge is 2.06. The van der Waals surface area contributed by atoms with E-state index in [4.69, 9.17) is 5.73 Å². The zero-order valence-electron chi connectivity index (χ0n) is 10.7. The SMILES string of the molecule is CC.Nc1ccccc1NC(=O)c1ccccc1. The molecule has 0 unspecified atom stereocenters. The Morgan fingerprint density at radius 2 is 1.50 bits per heavy atom. The molecule has 18 heavy (non-hydrogen) atoms. The summed E-state index contributed by atoms with van der Waals surface area (Å²) >= 11 is 0. The lowest BCUT2D eigenvalue weighted by atomic mass is 10.2. The molecule has 0 spiro atoms. The van der Waals surface area contributed by atoms with Gasteiger partial charge in [-0.2, -0.15) is 0 Å². The molecular formula is C15H18N2O. The van der Waals surface area contributed by atoms with Gasteiger partial charge in [-0.1, -0.05) is 44.2 Å². The number of nitrogen functional groups attached to an aromatic ring is 1. The Kier molecular flexibility index (Phi) is 5.45. The van der Waals surface area contributed by atoms with Crippen molar-refractivity contribution >= 4 is 17.3 Å². The van der Waals surface area contributed by atoms with Crippen LogP contribution in [0.2, 0.25) is 0 Å². The van der Waals surface area contributed by atoms with Gasteiger partial charge in [0, 0.05) is 5.56 Å². The van der Waals surface area contributed by atoms with Gasteiger partial charge in [-0.05, 0) is 24.3 Å². The second-order valence-electron chi connectivity index (χ2n) is 3.41. The van der Waals surface area contributed by atoms with E-state index in [1.807, 2.05) is 44.2 Å². The van der Waals surface area contributed by atoms with Gasteiger partial charge < -0.3 is 11.1 Å². The van der Waals surface area contributed by atoms with Gasteiger partial charge in [0.2, 0.25) is 0 Å². The van der Waals surface area contributed by atoms with Gasteiger partial charge in [-0.15, -0.1) is 0 Å². The van der Waals surface area contributed by atoms with E-state index < -0.39 is 0 Å². The molecule has 0 aliphatic carbocycles. The fourth-order valence-electron chi connectivity index (χ4n) is 1.39. The monoisotopic (exact) mass is 242 g/mol. The molecule has 3 heteroatoms. The number of para-hydroxylation sites is 2. The third-order valence-corrected chi connectivity index (χ3v) is 2.24. The molecule has 0 saturated carbocycles. The van der Waals surface area contributed by atoms with Crippen LogP contribution >= 0.6 is 0 Å². The van der Waals surface area contributed by atoms with Gasteiger partial charge in [-0.25, -0.2) is 0 Å². The summed E-state index contributed by atoms with van der Waals surface area (Å²) in [7, 11) is 0. The number of rotatable bonds is 2. The largest absolute Gasteiger partial charge is 0.397 e. The van der Waals surface area contributed by atoms with Crippen LogP contribution in [-0.2, 0) is 0 Å². The van der Waals surface area contributed by atoms with Crippen molar-refractivity contribution in [1.29, 1.82) is 0 Å². The Bertz CT molecular complexity index is 495. The molecule has 0 radical (unpaired) electrons. The molecular weight excluding hydrogens is 224 g/mol. The summed E-state index contributed by atoms with van der Waals surface area (Å²) in [5.41, 5.74) is 7.55. The van der Waals surface area contributed by atoms with E-state index in [0.717, 1.165) is 0 Å². The van der Waals surface area contributed by atoms with Crippen molar-refractivity contribution in [2.45, 2.75) is 13.8 Å². The number of amides is 1. The zero-order valence-corrected chi connectivity index (χ0v) is 10.7. The Balaban J connectivity index is 0.000000771. The number of nitrogens with one attached hydrogen (secondary N) is 1. The number of hydrogen-bond acceptors (Lipinski definition) is 2. The first-order valence-electron chi connectivity index (χ1n) is 5.98. The van der Waals surface area contributed by atoms with E-state index in [9.17, 15) is 4.79 Å². The lowest BCUT2D eigenvalue weighted by Gasteiger charge is -2.07. The first-order chi connectivity index (χ1) is 8.77. The highest BCUT2D eigenvalue weighted by Crippen LogP contribution is 2.17. The smallest absolute Gasteiger partial charge is 0.255 e. The molecule has 1 amide bonds. The number of nitrogens with two attached hydrogens (primary N) is 1. The summed E-state index contributed by atoms with van der Waals surface area (Å²) in [5.74, 6) is -0.154. The van der Waals surface area contributed by atoms with E-state index in [1.165, 1.54) is 0 Å². The number of anilines is 2. The van der Waals surface area contributed by atoms with Crippen LogP contribution in [0.3, 0.4) is 0 Å². The van der Waals surface area contributed by atoms with Gasteiger partial charge in [-0.3, -0.25) is 4.79 Å². The average Bonchev–Trinajstić information content (AvgIpc) is 2.44. The Labute approximate surface area is 108 Å². The van der Waals surface area contributed by atoms with Crippen LogP contribution in [0.1, 0.15) is 24.2 Å². The molecule has 0 aromatic heterocycles. The third-order valence-electron chi connectivity index (χ3n) is 2.24. The van der Waals surface area contributed by atoms with E-state index >= 15 is 0 Å². The first kappa shape index (κ1) is 13.8. The Morgan fingerprint density at radius 3 is 2.11 bits per heavy atom. The van der Waals surface area contributed by atoms with Gasteiger partial charge in [0.15, 0.2) is 0 Å². The van der Waals surface area contributed by atoms with Gasteiger partial charge in [0.25, 0.3) is 5.91 Å². The minimum atomic E-state index is -0.154. The maximum Gasteiger partial charge on any atom is 0.255 e. The second-order valence-corrected chi connectivity index (χ2v) is 3.41. The molecule has 94 valence electrons. The van der Waals surface area contributed by atoms with Crippen molar-refractivity contribution in [1.82, 2.24) is 0 Å². The minimum Gasteiger partial charge on any atom is -0.397 e. The van der Waals surface area contributed by atoms with Crippen LogP contribution in [-0.4, -0.2) is 5.91 Å². The molecule has 0 fully saturated rings. The third kappa shape index (κ3) is 3.63. The summed E-state index contributed by atoms with van der Waals surface area (Å²) < 4.78 is 0. The van der Waals surface area contributed by atoms with Gasteiger partial charge in [0.1, 0.15) is 0 Å². The number of carbonyl (C=O) groups excluding carboxylic acids is 1. The lowest BCUT2D eigenvalue weighted by Crippen LogP contribution is -2.12. The molecule has 2 aromatic carbocycles. The van der Waals surface area contributed by atoms with Gasteiger partial charge >= 0.3 is 0 Å². The molecule has 0 saturated heterocycles. The van der Waals surface area contributed by atoms with Crippen molar-refractivity contribution in [3.05, 3.63) is 60.2 Å². The minimum absolute atomic E-state index is 0.154. The predicted octanol–water partition coefficient (Wildman–Crippen LogP) is 3.55. The van der Waals surface area contributed by atoms with Crippen LogP contribution < -0.4 is 11.1 Å². The van der Waals surface area contributed by atoms with Crippen LogP contribution in [0, 0.1) is 0 Å². The van der Waals surface area contributed by atoms with Gasteiger partial charge in [0.05, 0.1) is 11.4 Å². The Hall–Kier alpha value is -2.29. The van der Waals surface area contributed by atoms with E-state index in [0.29, 0.717) is 16.9 Å². The molecule has 3 N–H and O–H groups in total. The molecule has 0 aliphatic rings. The van der Waals surface area contributed by atoms with Crippen molar-refractivity contribution in [3.8, 4) is 0 Å². The number of carbonyl (C=O) groups is 1. The predicted molar refractivity (Wildman–Crippen MR) is 76.6 cm³/mol. The summed E-state index contributed by atoms with van der Waals surface area (Å²) in [6, 6.07) is 16.2. The highest BCUT2D eigenvalue weighted by molar-refractivity contribution is 6.05. The topological polar surface area (TPSA) is 55.1 Å². The van der Waals surface area contributed by atoms with Crippen LogP contribution in [0.4, 0.5) is 11.4 Å². The highest BCUT2D eigenvalue weighted by atomic mass is 16.1. The second kappa shape index (κ2) is 7.12. The molecule has 0 heterocycles. The fraction of sp³-hybridized carbons (Fsp3) is 0.133. The molecule has 3 nitrogen and oxygen atoms in total. The summed E-state index contributed by atoms with van der Waals surface area (Å²) in [4.78, 5) is 11.8. The maximum absolute atomic E-state index is 11.8. The van der Waals surface area contributed by atoms with Crippen LogP contribution in [0.5, 0.6) is 0 Å². The molecule has 2 rings (SSSR count). The fourth-order valence-corrected chi connectivity index (χ4v) is 1.39. The van der Waals surface area contributed by atoms with Crippen LogP contribution in [0.15, 0.2) is 54.6 Å². The van der Waals surface area contributed by atoms with Crippen molar-refractivity contribution in [3.63, 3.8) is 0 Å². The normalized spacial score (nSPS) is 9.00. The van der Waals surface area contributed by atoms with Crippen molar-refractivity contribution in [2.24, 2.45) is 0 Å². The molecule has 0 atom stereocenters. The van der Waals surface area contributed by atoms with Crippen molar-refractivity contribution < 1.29 is 4.79 Å². The van der Waals surface area contributed by atoms with Crippen molar-refractivity contribution in [2.75, 3.05) is 11.1 Å². The Morgan fingerprint density at radius 1 is 0.944 bits per heavy atom. The summed E-state index contributed by atoms with van der Waals surface area (Å²) in [6.07, 6.45) is 0. The zero-order chi connectivity index (χ0) is 13.4. The first-order valence-corrected chi connectivity index (χ1v) is 5.98. The number of benzene rings is 2. The van der Waals surface area contributed by atoms with E-state index in [2.05, 4.69) is 5.32 Å². The standard InChI is InChI=1S/C13H12N2O.C2H6/c14-11-8-4-5-9-12(11)15-13(16)10-6-2-1-3-7-10;1-2/h1-9H,14H2,(H,15,16);1-2H3. The molecule has 0 bridgehead atoms. The van der Waals surface area contributed by atoms with E-state index in [-0.39, 0.29) is 5.91 Å². The maximum atomic E-state index is 11.8. The summed E-state index contributed by atoms with van der Waals surface area (Å²) in [6.45, 7) is 4.00. The quantitative estimate of drug-likeness (QED) is 0.791.